The fourth-order valence-corrected chi connectivity index (χ4v) is 3.16. The average Bonchev–Trinajstić information content (AvgIpc) is 3.39. The molecule has 0 saturated carbocycles. The molecule has 2 aromatic heterocycles. The summed E-state index contributed by atoms with van der Waals surface area (Å²) in [7, 11) is 0. The minimum Gasteiger partial charge on any atom is -0.345 e. The Morgan fingerprint density at radius 3 is 2.54 bits per heavy atom. The molecule has 140 valence electrons. The Morgan fingerprint density at radius 2 is 1.86 bits per heavy atom. The molecule has 0 bridgehead atoms. The molecule has 7 heteroatoms. The number of benzene rings is 2. The van der Waals surface area contributed by atoms with Crippen molar-refractivity contribution in [2.75, 3.05) is 0 Å². The van der Waals surface area contributed by atoms with Crippen molar-refractivity contribution in [2.24, 2.45) is 0 Å². The zero-order chi connectivity index (χ0) is 19.5. The molecular weight excluding hydrogens is 352 g/mol. The van der Waals surface area contributed by atoms with Crippen LogP contribution in [-0.2, 0) is 0 Å². The Labute approximate surface area is 162 Å². The van der Waals surface area contributed by atoms with Crippen molar-refractivity contribution in [3.05, 3.63) is 83.9 Å². The first kappa shape index (κ1) is 17.7. The Balaban J connectivity index is 1.48. The highest BCUT2D eigenvalue weighted by Crippen LogP contribution is 2.21. The number of rotatable bonds is 5. The van der Waals surface area contributed by atoms with Gasteiger partial charge in [0.25, 0.3) is 5.91 Å². The van der Waals surface area contributed by atoms with E-state index in [9.17, 15) is 4.79 Å². The molecule has 2 aromatic carbocycles. The number of aromatic nitrogens is 5. The van der Waals surface area contributed by atoms with Crippen molar-refractivity contribution in [3.8, 4) is 17.1 Å². The van der Waals surface area contributed by atoms with E-state index < -0.39 is 0 Å². The van der Waals surface area contributed by atoms with Gasteiger partial charge in [-0.1, -0.05) is 30.3 Å². The lowest BCUT2D eigenvalue weighted by atomic mass is 10.1. The van der Waals surface area contributed by atoms with Gasteiger partial charge in [-0.15, -0.1) is 0 Å². The van der Waals surface area contributed by atoms with Crippen LogP contribution in [0.5, 0.6) is 0 Å². The van der Waals surface area contributed by atoms with E-state index in [4.69, 9.17) is 0 Å². The maximum atomic E-state index is 12.6. The summed E-state index contributed by atoms with van der Waals surface area (Å²) in [6, 6.07) is 17.0. The van der Waals surface area contributed by atoms with Gasteiger partial charge in [-0.25, -0.2) is 9.67 Å². The van der Waals surface area contributed by atoms with Gasteiger partial charge in [0, 0.05) is 22.4 Å². The first-order chi connectivity index (χ1) is 13.6. The van der Waals surface area contributed by atoms with Crippen molar-refractivity contribution >= 4 is 5.91 Å². The number of hydrogen-bond acceptors (Lipinski definition) is 4. The standard InChI is InChI=1S/C21H20N6O/c1-14(19-12-24-27(15(19)2)18-6-4-3-5-7-18)25-21(28)17-10-8-16(9-11-17)20-22-13-23-26-20/h3-14H,1-2H3,(H,25,28)(H,22,23,26)/t14-/m1/s1. The molecule has 4 rings (SSSR count). The zero-order valence-corrected chi connectivity index (χ0v) is 15.6. The normalized spacial score (nSPS) is 11.9. The van der Waals surface area contributed by atoms with Crippen molar-refractivity contribution in [2.45, 2.75) is 19.9 Å². The van der Waals surface area contributed by atoms with E-state index in [1.165, 1.54) is 6.33 Å². The Bertz CT molecular complexity index is 1070. The summed E-state index contributed by atoms with van der Waals surface area (Å²) in [6.45, 7) is 3.96. The maximum Gasteiger partial charge on any atom is 0.251 e. The molecule has 1 amide bonds. The second-order valence-electron chi connectivity index (χ2n) is 6.54. The molecule has 1 atom stereocenters. The largest absolute Gasteiger partial charge is 0.345 e. The molecule has 2 N–H and O–H groups in total. The second kappa shape index (κ2) is 7.48. The third-order valence-electron chi connectivity index (χ3n) is 4.70. The molecule has 2 heterocycles. The van der Waals surface area contributed by atoms with Gasteiger partial charge in [0.1, 0.15) is 6.33 Å². The average molecular weight is 372 g/mol. The fourth-order valence-electron chi connectivity index (χ4n) is 3.16. The van der Waals surface area contributed by atoms with Crippen LogP contribution in [0.3, 0.4) is 0 Å². The summed E-state index contributed by atoms with van der Waals surface area (Å²) < 4.78 is 1.88. The van der Waals surface area contributed by atoms with Crippen LogP contribution in [0, 0.1) is 6.92 Å². The maximum absolute atomic E-state index is 12.6. The van der Waals surface area contributed by atoms with E-state index in [0.29, 0.717) is 11.4 Å². The number of carbonyl (C=O) groups is 1. The lowest BCUT2D eigenvalue weighted by molar-refractivity contribution is 0.0940. The monoisotopic (exact) mass is 372 g/mol. The van der Waals surface area contributed by atoms with Crippen molar-refractivity contribution in [1.82, 2.24) is 30.3 Å². The number of nitrogens with zero attached hydrogens (tertiary/aromatic N) is 4. The van der Waals surface area contributed by atoms with Gasteiger partial charge in [0.05, 0.1) is 17.9 Å². The Hall–Kier alpha value is -3.74. The van der Waals surface area contributed by atoms with Gasteiger partial charge in [0.2, 0.25) is 0 Å². The van der Waals surface area contributed by atoms with Crippen LogP contribution < -0.4 is 5.32 Å². The number of para-hydroxylation sites is 1. The van der Waals surface area contributed by atoms with Crippen LogP contribution in [0.25, 0.3) is 17.1 Å². The minimum absolute atomic E-state index is 0.136. The van der Waals surface area contributed by atoms with Gasteiger partial charge >= 0.3 is 0 Å². The molecule has 0 fully saturated rings. The first-order valence-electron chi connectivity index (χ1n) is 9.00. The third kappa shape index (κ3) is 3.42. The summed E-state index contributed by atoms with van der Waals surface area (Å²) in [5, 5.41) is 14.2. The molecule has 0 saturated heterocycles. The highest BCUT2D eigenvalue weighted by atomic mass is 16.1. The molecule has 28 heavy (non-hydrogen) atoms. The lowest BCUT2D eigenvalue weighted by Crippen LogP contribution is -2.26. The van der Waals surface area contributed by atoms with Crippen LogP contribution in [0.4, 0.5) is 0 Å². The summed E-state index contributed by atoms with van der Waals surface area (Å²) in [4.78, 5) is 16.7. The molecule has 0 radical (unpaired) electrons. The molecule has 0 aliphatic rings. The topological polar surface area (TPSA) is 88.5 Å². The molecule has 0 spiro atoms. The molecule has 0 unspecified atom stereocenters. The number of hydrogen-bond donors (Lipinski definition) is 2. The van der Waals surface area contributed by atoms with E-state index in [1.54, 1.807) is 18.3 Å². The molecule has 4 aromatic rings. The van der Waals surface area contributed by atoms with E-state index in [2.05, 4.69) is 25.6 Å². The van der Waals surface area contributed by atoms with E-state index in [-0.39, 0.29) is 11.9 Å². The smallest absolute Gasteiger partial charge is 0.251 e. The van der Waals surface area contributed by atoms with Crippen LogP contribution in [0.15, 0.2) is 67.1 Å². The second-order valence-corrected chi connectivity index (χ2v) is 6.54. The van der Waals surface area contributed by atoms with Gasteiger partial charge in [-0.2, -0.15) is 10.2 Å². The SMILES string of the molecule is Cc1c([C@@H](C)NC(=O)c2ccc(-c3ncn[nH]3)cc2)cnn1-c1ccccc1. The third-order valence-corrected chi connectivity index (χ3v) is 4.70. The molecule has 7 nitrogen and oxygen atoms in total. The van der Waals surface area contributed by atoms with E-state index >= 15 is 0 Å². The summed E-state index contributed by atoms with van der Waals surface area (Å²) in [6.07, 6.45) is 3.26. The van der Waals surface area contributed by atoms with E-state index in [0.717, 1.165) is 22.5 Å². The predicted octanol–water partition coefficient (Wildman–Crippen LogP) is 3.46. The minimum atomic E-state index is -0.168. The molecular formula is C21H20N6O. The van der Waals surface area contributed by atoms with Gasteiger partial charge in [-0.3, -0.25) is 9.89 Å². The van der Waals surface area contributed by atoms with Crippen molar-refractivity contribution < 1.29 is 4.79 Å². The lowest BCUT2D eigenvalue weighted by Gasteiger charge is -2.14. The van der Waals surface area contributed by atoms with Crippen LogP contribution in [0.1, 0.15) is 34.6 Å². The summed E-state index contributed by atoms with van der Waals surface area (Å²) in [5.74, 6) is 0.535. The molecule has 0 aliphatic heterocycles. The number of carbonyl (C=O) groups excluding carboxylic acids is 1. The van der Waals surface area contributed by atoms with Gasteiger partial charge < -0.3 is 5.32 Å². The summed E-state index contributed by atoms with van der Waals surface area (Å²) >= 11 is 0. The first-order valence-corrected chi connectivity index (χ1v) is 9.00. The number of amides is 1. The Morgan fingerprint density at radius 1 is 1.11 bits per heavy atom. The van der Waals surface area contributed by atoms with Crippen molar-refractivity contribution in [3.63, 3.8) is 0 Å². The predicted molar refractivity (Wildman–Crippen MR) is 106 cm³/mol. The zero-order valence-electron chi connectivity index (χ0n) is 15.6. The van der Waals surface area contributed by atoms with Gasteiger partial charge in [-0.05, 0) is 38.1 Å². The number of H-pyrrole nitrogens is 1. The quantitative estimate of drug-likeness (QED) is 0.561. The van der Waals surface area contributed by atoms with Crippen LogP contribution in [-0.4, -0.2) is 30.9 Å². The molecule has 0 aliphatic carbocycles. The highest BCUT2D eigenvalue weighted by Gasteiger charge is 2.17. The van der Waals surface area contributed by atoms with Gasteiger partial charge in [0.15, 0.2) is 5.82 Å². The van der Waals surface area contributed by atoms with Crippen LogP contribution in [0.2, 0.25) is 0 Å². The van der Waals surface area contributed by atoms with Crippen molar-refractivity contribution in [1.29, 1.82) is 0 Å². The van der Waals surface area contributed by atoms with Crippen LogP contribution >= 0.6 is 0 Å². The number of aromatic amines is 1. The Kier molecular flexibility index (Phi) is 4.72. The fraction of sp³-hybridized carbons (Fsp3) is 0.143. The summed E-state index contributed by atoms with van der Waals surface area (Å²) in [5.41, 5.74) is 4.44. The highest BCUT2D eigenvalue weighted by molar-refractivity contribution is 5.94. The number of nitrogens with one attached hydrogen (secondary N) is 2. The van der Waals surface area contributed by atoms with E-state index in [1.807, 2.05) is 61.0 Å².